The predicted octanol–water partition coefficient (Wildman–Crippen LogP) is 1.67. The van der Waals surface area contributed by atoms with Gasteiger partial charge in [-0.05, 0) is 12.1 Å². The summed E-state index contributed by atoms with van der Waals surface area (Å²) in [6, 6.07) is 3.24. The van der Waals surface area contributed by atoms with Gasteiger partial charge in [0.1, 0.15) is 11.6 Å². The van der Waals surface area contributed by atoms with Crippen LogP contribution in [0.1, 0.15) is 23.4 Å². The number of aromatic nitrogens is 4. The van der Waals surface area contributed by atoms with Gasteiger partial charge in [-0.1, -0.05) is 18.5 Å². The van der Waals surface area contributed by atoms with E-state index in [0.29, 0.717) is 23.1 Å². The molecule has 0 saturated carbocycles. The number of carbonyl (C=O) groups excluding carboxylic acids is 1. The quantitative estimate of drug-likeness (QED) is 0.869. The van der Waals surface area contributed by atoms with Gasteiger partial charge in [-0.15, -0.1) is 5.10 Å². The number of pyridine rings is 1. The van der Waals surface area contributed by atoms with E-state index in [1.807, 2.05) is 6.92 Å². The molecule has 2 N–H and O–H groups in total. The van der Waals surface area contributed by atoms with E-state index in [0.717, 1.165) is 0 Å². The molecule has 0 radical (unpaired) electrons. The van der Waals surface area contributed by atoms with Crippen molar-refractivity contribution in [3.05, 3.63) is 35.0 Å². The Morgan fingerprint density at radius 1 is 1.53 bits per heavy atom. The van der Waals surface area contributed by atoms with Crippen molar-refractivity contribution in [1.82, 2.24) is 20.2 Å². The van der Waals surface area contributed by atoms with Crippen LogP contribution < -0.4 is 5.32 Å². The van der Waals surface area contributed by atoms with Crippen LogP contribution >= 0.6 is 11.6 Å². The second-order valence-corrected chi connectivity index (χ2v) is 3.71. The highest BCUT2D eigenvalue weighted by molar-refractivity contribution is 6.30. The molecule has 0 saturated heterocycles. The van der Waals surface area contributed by atoms with Gasteiger partial charge in [0.2, 0.25) is 5.82 Å². The first-order valence-corrected chi connectivity index (χ1v) is 5.41. The molecular weight excluding hydrogens is 242 g/mol. The summed E-state index contributed by atoms with van der Waals surface area (Å²) in [7, 11) is 0. The Hall–Kier alpha value is -1.95. The van der Waals surface area contributed by atoms with Gasteiger partial charge < -0.3 is 5.32 Å². The predicted molar refractivity (Wildman–Crippen MR) is 63.0 cm³/mol. The van der Waals surface area contributed by atoms with Crippen LogP contribution in [-0.2, 0) is 6.42 Å². The Balaban J connectivity index is 2.08. The molecule has 0 aliphatic heterocycles. The third-order valence-corrected chi connectivity index (χ3v) is 2.26. The van der Waals surface area contributed by atoms with Crippen molar-refractivity contribution in [3.8, 4) is 0 Å². The molecule has 7 heteroatoms. The van der Waals surface area contributed by atoms with Crippen molar-refractivity contribution in [1.29, 1.82) is 0 Å². The van der Waals surface area contributed by atoms with Crippen molar-refractivity contribution in [2.24, 2.45) is 0 Å². The summed E-state index contributed by atoms with van der Waals surface area (Å²) in [6.45, 7) is 1.92. The van der Waals surface area contributed by atoms with E-state index in [9.17, 15) is 4.79 Å². The lowest BCUT2D eigenvalue weighted by Crippen LogP contribution is -2.14. The van der Waals surface area contributed by atoms with Crippen LogP contribution in [0.25, 0.3) is 0 Å². The van der Waals surface area contributed by atoms with Crippen LogP contribution in [-0.4, -0.2) is 26.1 Å². The zero-order valence-corrected chi connectivity index (χ0v) is 9.82. The number of hydrogen-bond acceptors (Lipinski definition) is 4. The van der Waals surface area contributed by atoms with Crippen LogP contribution in [0.5, 0.6) is 0 Å². The Morgan fingerprint density at radius 3 is 2.94 bits per heavy atom. The normalized spacial score (nSPS) is 10.2. The van der Waals surface area contributed by atoms with Gasteiger partial charge in [-0.3, -0.25) is 9.89 Å². The van der Waals surface area contributed by atoms with Crippen molar-refractivity contribution in [2.45, 2.75) is 13.3 Å². The highest BCUT2D eigenvalue weighted by Gasteiger charge is 2.12. The van der Waals surface area contributed by atoms with Gasteiger partial charge in [0, 0.05) is 12.6 Å². The number of aryl methyl sites for hydroxylation is 1. The number of aromatic amines is 1. The maximum atomic E-state index is 11.7. The molecule has 2 aromatic heterocycles. The maximum Gasteiger partial charge on any atom is 0.296 e. The Kier molecular flexibility index (Phi) is 3.34. The van der Waals surface area contributed by atoms with Crippen molar-refractivity contribution < 1.29 is 4.79 Å². The summed E-state index contributed by atoms with van der Waals surface area (Å²) >= 11 is 5.68. The number of H-pyrrole nitrogens is 1. The van der Waals surface area contributed by atoms with E-state index < -0.39 is 5.91 Å². The number of rotatable bonds is 3. The first-order valence-electron chi connectivity index (χ1n) is 5.03. The van der Waals surface area contributed by atoms with E-state index in [4.69, 9.17) is 11.6 Å². The third kappa shape index (κ3) is 2.79. The van der Waals surface area contributed by atoms with E-state index in [2.05, 4.69) is 25.5 Å². The largest absolute Gasteiger partial charge is 0.304 e. The smallest absolute Gasteiger partial charge is 0.296 e. The number of halogens is 1. The summed E-state index contributed by atoms with van der Waals surface area (Å²) in [5, 5.41) is 9.54. The molecule has 0 aromatic carbocycles. The molecule has 88 valence electrons. The Morgan fingerprint density at radius 2 is 2.35 bits per heavy atom. The van der Waals surface area contributed by atoms with E-state index >= 15 is 0 Å². The topological polar surface area (TPSA) is 83.6 Å². The van der Waals surface area contributed by atoms with E-state index in [-0.39, 0.29) is 5.82 Å². The number of anilines is 1. The van der Waals surface area contributed by atoms with Crippen molar-refractivity contribution >= 4 is 23.3 Å². The zero-order chi connectivity index (χ0) is 12.3. The summed E-state index contributed by atoms with van der Waals surface area (Å²) in [6.07, 6.45) is 2.14. The summed E-state index contributed by atoms with van der Waals surface area (Å²) < 4.78 is 0. The lowest BCUT2D eigenvalue weighted by molar-refractivity contribution is 0.101. The third-order valence-electron chi connectivity index (χ3n) is 2.04. The van der Waals surface area contributed by atoms with Gasteiger partial charge >= 0.3 is 0 Å². The first kappa shape index (κ1) is 11.5. The van der Waals surface area contributed by atoms with Gasteiger partial charge in [0.05, 0.1) is 5.02 Å². The highest BCUT2D eigenvalue weighted by atomic mass is 35.5. The lowest BCUT2D eigenvalue weighted by atomic mass is 10.4. The van der Waals surface area contributed by atoms with Gasteiger partial charge in [0.25, 0.3) is 5.91 Å². The number of hydrogen-bond donors (Lipinski definition) is 2. The molecule has 1 amide bonds. The molecule has 0 aliphatic carbocycles. The molecule has 6 nitrogen and oxygen atoms in total. The SMILES string of the molecule is CCc1nc(C(=O)Nc2ccc(Cl)cn2)n[nH]1. The lowest BCUT2D eigenvalue weighted by Gasteiger charge is -2.00. The monoisotopic (exact) mass is 251 g/mol. The summed E-state index contributed by atoms with van der Waals surface area (Å²) in [5.41, 5.74) is 0. The first-order chi connectivity index (χ1) is 8.19. The van der Waals surface area contributed by atoms with Crippen LogP contribution in [0.15, 0.2) is 18.3 Å². The molecule has 0 aliphatic rings. The second kappa shape index (κ2) is 4.92. The maximum absolute atomic E-state index is 11.7. The molecular formula is C10H10ClN5O. The van der Waals surface area contributed by atoms with Crippen molar-refractivity contribution in [3.63, 3.8) is 0 Å². The summed E-state index contributed by atoms with van der Waals surface area (Å²) in [4.78, 5) is 19.7. The fourth-order valence-electron chi connectivity index (χ4n) is 1.18. The molecule has 0 unspecified atom stereocenters. The Bertz CT molecular complexity index is 522. The van der Waals surface area contributed by atoms with Crippen LogP contribution in [0, 0.1) is 0 Å². The average Bonchev–Trinajstić information content (AvgIpc) is 2.81. The van der Waals surface area contributed by atoms with Crippen molar-refractivity contribution in [2.75, 3.05) is 5.32 Å². The number of amides is 1. The minimum atomic E-state index is -0.407. The molecule has 2 aromatic rings. The highest BCUT2D eigenvalue weighted by Crippen LogP contribution is 2.10. The molecule has 2 heterocycles. The minimum Gasteiger partial charge on any atom is -0.304 e. The Labute approximate surface area is 102 Å². The standard InChI is InChI=1S/C10H10ClN5O/c1-2-7-13-9(16-15-7)10(17)14-8-4-3-6(11)5-12-8/h3-5H,2H2,1H3,(H,12,14,17)(H,13,15,16). The fraction of sp³-hybridized carbons (Fsp3) is 0.200. The van der Waals surface area contributed by atoms with Gasteiger partial charge in [-0.25, -0.2) is 9.97 Å². The van der Waals surface area contributed by atoms with E-state index in [1.54, 1.807) is 12.1 Å². The number of nitrogens with one attached hydrogen (secondary N) is 2. The molecule has 2 rings (SSSR count). The molecule has 0 fully saturated rings. The summed E-state index contributed by atoms with van der Waals surface area (Å²) in [5.74, 6) is 0.760. The van der Waals surface area contributed by atoms with Crippen LogP contribution in [0.4, 0.5) is 5.82 Å². The molecule has 0 atom stereocenters. The number of nitrogens with zero attached hydrogens (tertiary/aromatic N) is 3. The van der Waals surface area contributed by atoms with Crippen LogP contribution in [0.3, 0.4) is 0 Å². The molecule has 0 spiro atoms. The van der Waals surface area contributed by atoms with Gasteiger partial charge in [-0.2, -0.15) is 0 Å². The van der Waals surface area contributed by atoms with E-state index in [1.165, 1.54) is 6.20 Å². The van der Waals surface area contributed by atoms with Gasteiger partial charge in [0.15, 0.2) is 0 Å². The molecule has 17 heavy (non-hydrogen) atoms. The molecule has 0 bridgehead atoms. The number of carbonyl (C=O) groups is 1. The average molecular weight is 252 g/mol. The fourth-order valence-corrected chi connectivity index (χ4v) is 1.29. The van der Waals surface area contributed by atoms with Crippen LogP contribution in [0.2, 0.25) is 5.02 Å². The minimum absolute atomic E-state index is 0.0959. The second-order valence-electron chi connectivity index (χ2n) is 3.28. The zero-order valence-electron chi connectivity index (χ0n) is 9.07.